The predicted molar refractivity (Wildman–Crippen MR) is 144 cm³/mol. The highest BCUT2D eigenvalue weighted by atomic mass is 32.1. The van der Waals surface area contributed by atoms with E-state index >= 15 is 0 Å². The minimum absolute atomic E-state index is 0.107. The number of aryl methyl sites for hydroxylation is 2. The van der Waals surface area contributed by atoms with Crippen molar-refractivity contribution in [1.29, 1.82) is 5.26 Å². The molecule has 1 aliphatic carbocycles. The van der Waals surface area contributed by atoms with E-state index in [1.54, 1.807) is 35.6 Å². The number of allylic oxidation sites excluding steroid dienone is 1. The van der Waals surface area contributed by atoms with Crippen molar-refractivity contribution in [3.63, 3.8) is 0 Å². The summed E-state index contributed by atoms with van der Waals surface area (Å²) in [5, 5.41) is 13.7. The number of amides is 1. The number of benzene rings is 2. The summed E-state index contributed by atoms with van der Waals surface area (Å²) in [5.74, 6) is -0.533. The minimum atomic E-state index is -0.426. The van der Waals surface area contributed by atoms with Gasteiger partial charge in [0.2, 0.25) is 0 Å². The average molecular weight is 496 g/mol. The Balaban J connectivity index is 1.62. The number of hydrogen-bond donors (Lipinski definition) is 1. The van der Waals surface area contributed by atoms with Crippen LogP contribution < -0.4 is 5.32 Å². The van der Waals surface area contributed by atoms with Crippen LogP contribution >= 0.6 is 11.3 Å². The Kier molecular flexibility index (Phi) is 6.58. The maximum atomic E-state index is 14.4. The number of halogens is 1. The lowest BCUT2D eigenvalue weighted by Crippen LogP contribution is -2.17. The molecule has 0 saturated heterocycles. The van der Waals surface area contributed by atoms with Crippen LogP contribution in [0.15, 0.2) is 60.7 Å². The summed E-state index contributed by atoms with van der Waals surface area (Å²) in [6.45, 7) is 3.98. The molecule has 0 fully saturated rings. The van der Waals surface area contributed by atoms with Gasteiger partial charge in [-0.05, 0) is 81.0 Å². The number of carbonyl (C=O) groups is 1. The van der Waals surface area contributed by atoms with Crippen LogP contribution in [0.25, 0.3) is 16.7 Å². The molecule has 2 aromatic heterocycles. The van der Waals surface area contributed by atoms with Crippen molar-refractivity contribution in [3.05, 3.63) is 105 Å². The van der Waals surface area contributed by atoms with Gasteiger partial charge in [0, 0.05) is 27.5 Å². The molecule has 1 N–H and O–H groups in total. The van der Waals surface area contributed by atoms with Crippen molar-refractivity contribution in [2.45, 2.75) is 39.5 Å². The summed E-state index contributed by atoms with van der Waals surface area (Å²) in [4.78, 5) is 14.9. The summed E-state index contributed by atoms with van der Waals surface area (Å²) < 4.78 is 16.5. The van der Waals surface area contributed by atoms with Gasteiger partial charge in [0.25, 0.3) is 5.91 Å². The molecule has 5 rings (SSSR count). The van der Waals surface area contributed by atoms with Crippen LogP contribution in [0, 0.1) is 31.0 Å². The number of para-hydroxylation sites is 1. The molecule has 0 saturated carbocycles. The molecule has 2 heterocycles. The number of fused-ring (bicyclic) bond motifs is 1. The number of carbonyl (C=O) groups excluding carboxylic acids is 1. The average Bonchev–Trinajstić information content (AvgIpc) is 3.39. The Labute approximate surface area is 214 Å². The van der Waals surface area contributed by atoms with Gasteiger partial charge >= 0.3 is 0 Å². The highest BCUT2D eigenvalue weighted by Crippen LogP contribution is 2.39. The van der Waals surface area contributed by atoms with Gasteiger partial charge in [-0.1, -0.05) is 36.4 Å². The maximum Gasteiger partial charge on any atom is 0.258 e. The third-order valence-electron chi connectivity index (χ3n) is 6.67. The van der Waals surface area contributed by atoms with Crippen LogP contribution in [-0.4, -0.2) is 10.5 Å². The number of thiophene rings is 1. The molecular formula is C30H26FN3OS. The van der Waals surface area contributed by atoms with Gasteiger partial charge in [-0.2, -0.15) is 5.26 Å². The molecule has 1 amide bonds. The molecule has 36 heavy (non-hydrogen) atoms. The normalized spacial score (nSPS) is 13.2. The fraction of sp³-hybridized carbons (Fsp3) is 0.200. The van der Waals surface area contributed by atoms with E-state index in [9.17, 15) is 14.4 Å². The molecular weight excluding hydrogens is 469 g/mol. The number of anilines is 1. The van der Waals surface area contributed by atoms with E-state index in [0.717, 1.165) is 64.4 Å². The molecule has 0 unspecified atom stereocenters. The smallest absolute Gasteiger partial charge is 0.258 e. The lowest BCUT2D eigenvalue weighted by atomic mass is 9.95. The number of nitrogens with zero attached hydrogens (tertiary/aromatic N) is 2. The lowest BCUT2D eigenvalue weighted by molar-refractivity contribution is 0.102. The van der Waals surface area contributed by atoms with Crippen molar-refractivity contribution >= 4 is 34.6 Å². The van der Waals surface area contributed by atoms with E-state index in [4.69, 9.17) is 0 Å². The Hall–Kier alpha value is -3.95. The number of nitrogens with one attached hydrogen (secondary N) is 1. The molecule has 4 nitrogen and oxygen atoms in total. The third-order valence-corrected chi connectivity index (χ3v) is 7.95. The van der Waals surface area contributed by atoms with Crippen LogP contribution in [0.3, 0.4) is 0 Å². The van der Waals surface area contributed by atoms with Crippen LogP contribution in [0.2, 0.25) is 0 Å². The highest BCUT2D eigenvalue weighted by molar-refractivity contribution is 7.15. The summed E-state index contributed by atoms with van der Waals surface area (Å²) in [6, 6.07) is 20.0. The van der Waals surface area contributed by atoms with Gasteiger partial charge < -0.3 is 9.88 Å². The van der Waals surface area contributed by atoms with E-state index in [-0.39, 0.29) is 17.0 Å². The van der Waals surface area contributed by atoms with Gasteiger partial charge in [0.15, 0.2) is 0 Å². The van der Waals surface area contributed by atoms with Crippen molar-refractivity contribution in [2.75, 3.05) is 5.32 Å². The van der Waals surface area contributed by atoms with Gasteiger partial charge in [-0.25, -0.2) is 4.39 Å². The first kappa shape index (κ1) is 23.8. The number of hydrogen-bond acceptors (Lipinski definition) is 3. The van der Waals surface area contributed by atoms with Crippen molar-refractivity contribution in [1.82, 2.24) is 4.57 Å². The van der Waals surface area contributed by atoms with E-state index in [0.29, 0.717) is 0 Å². The monoisotopic (exact) mass is 495 g/mol. The van der Waals surface area contributed by atoms with E-state index in [1.807, 2.05) is 50.2 Å². The third kappa shape index (κ3) is 4.38. The molecule has 4 aromatic rings. The first-order chi connectivity index (χ1) is 17.5. The molecule has 0 radical (unpaired) electrons. The quantitative estimate of drug-likeness (QED) is 0.292. The van der Waals surface area contributed by atoms with Crippen LogP contribution in [-0.2, 0) is 12.8 Å². The standard InChI is InChI=1S/C30H26FN3OS/c1-19-16-21(17-22(18-32)24-12-6-8-14-26(24)31)20(2)34(19)30-28(25-13-7-9-15-27(25)36-30)29(35)33-23-10-4-3-5-11-23/h3-6,8,10-12,14,16-17H,7,9,13,15H2,1-2H3,(H,33,35)/b22-17-. The number of rotatable bonds is 5. The SMILES string of the molecule is Cc1cc(/C=C(/C#N)c2ccccc2F)c(C)n1-c1sc2c(c1C(=O)Nc1ccccc1)CCCC2. The summed E-state index contributed by atoms with van der Waals surface area (Å²) in [5.41, 5.74) is 5.86. The molecule has 2 aromatic carbocycles. The zero-order chi connectivity index (χ0) is 25.2. The van der Waals surface area contributed by atoms with Gasteiger partial charge in [0.05, 0.1) is 17.2 Å². The first-order valence-electron chi connectivity index (χ1n) is 12.0. The Bertz CT molecular complexity index is 1520. The van der Waals surface area contributed by atoms with Gasteiger partial charge in [-0.3, -0.25) is 4.79 Å². The summed E-state index contributed by atoms with van der Waals surface area (Å²) >= 11 is 1.68. The fourth-order valence-electron chi connectivity index (χ4n) is 4.91. The van der Waals surface area contributed by atoms with Crippen molar-refractivity contribution in [3.8, 4) is 11.1 Å². The van der Waals surface area contributed by atoms with Crippen LogP contribution in [0.1, 0.15) is 56.2 Å². The molecule has 0 bridgehead atoms. The van der Waals surface area contributed by atoms with E-state index in [1.165, 1.54) is 10.9 Å². The van der Waals surface area contributed by atoms with E-state index in [2.05, 4.69) is 16.0 Å². The first-order valence-corrected chi connectivity index (χ1v) is 12.9. The zero-order valence-corrected chi connectivity index (χ0v) is 21.1. The summed E-state index contributed by atoms with van der Waals surface area (Å²) in [7, 11) is 0. The predicted octanol–water partition coefficient (Wildman–Crippen LogP) is 7.49. The van der Waals surface area contributed by atoms with Crippen molar-refractivity contribution in [2.24, 2.45) is 0 Å². The number of nitriles is 1. The van der Waals surface area contributed by atoms with Crippen LogP contribution in [0.4, 0.5) is 10.1 Å². The number of aromatic nitrogens is 1. The Morgan fingerprint density at radius 2 is 1.81 bits per heavy atom. The zero-order valence-electron chi connectivity index (χ0n) is 20.3. The molecule has 0 atom stereocenters. The second-order valence-electron chi connectivity index (χ2n) is 9.02. The van der Waals surface area contributed by atoms with Crippen LogP contribution in [0.5, 0.6) is 0 Å². The largest absolute Gasteiger partial charge is 0.322 e. The summed E-state index contributed by atoms with van der Waals surface area (Å²) in [6.07, 6.45) is 5.79. The Morgan fingerprint density at radius 1 is 1.08 bits per heavy atom. The highest BCUT2D eigenvalue weighted by Gasteiger charge is 2.28. The lowest BCUT2D eigenvalue weighted by Gasteiger charge is -2.14. The minimum Gasteiger partial charge on any atom is -0.322 e. The van der Waals surface area contributed by atoms with E-state index < -0.39 is 5.82 Å². The molecule has 6 heteroatoms. The molecule has 1 aliphatic rings. The molecule has 0 aliphatic heterocycles. The topological polar surface area (TPSA) is 57.8 Å². The Morgan fingerprint density at radius 3 is 2.56 bits per heavy atom. The van der Waals surface area contributed by atoms with Crippen molar-refractivity contribution < 1.29 is 9.18 Å². The fourth-order valence-corrected chi connectivity index (χ4v) is 6.41. The second-order valence-corrected chi connectivity index (χ2v) is 10.1. The maximum absolute atomic E-state index is 14.4. The van der Waals surface area contributed by atoms with Gasteiger partial charge in [-0.15, -0.1) is 11.3 Å². The second kappa shape index (κ2) is 9.96. The van der Waals surface area contributed by atoms with Gasteiger partial charge in [0.1, 0.15) is 10.8 Å². The molecule has 0 spiro atoms. The molecule has 180 valence electrons.